The van der Waals surface area contributed by atoms with Gasteiger partial charge in [0.1, 0.15) is 5.78 Å². The van der Waals surface area contributed by atoms with Crippen LogP contribution in [-0.4, -0.2) is 48.5 Å². The van der Waals surface area contributed by atoms with Gasteiger partial charge in [0.15, 0.2) is 0 Å². The van der Waals surface area contributed by atoms with Gasteiger partial charge in [-0.15, -0.1) is 0 Å². The zero-order chi connectivity index (χ0) is 9.56. The lowest BCUT2D eigenvalue weighted by Crippen LogP contribution is -2.35. The number of hydrogen-bond donors (Lipinski definition) is 1. The van der Waals surface area contributed by atoms with E-state index in [1.165, 1.54) is 11.8 Å². The van der Waals surface area contributed by atoms with E-state index >= 15 is 0 Å². The molecule has 0 radical (unpaired) electrons. The van der Waals surface area contributed by atoms with Gasteiger partial charge in [0.25, 0.3) is 6.43 Å². The zero-order valence-corrected chi connectivity index (χ0v) is 6.96. The molecule has 3 nitrogen and oxygen atoms in total. The summed E-state index contributed by atoms with van der Waals surface area (Å²) in [5.74, 6) is -0.177. The molecule has 0 bridgehead atoms. The molecule has 0 aromatic heterocycles. The molecule has 0 fully saturated rings. The fraction of sp³-hybridized carbons (Fsp3) is 0.857. The Morgan fingerprint density at radius 2 is 2.17 bits per heavy atom. The Kier molecular flexibility index (Phi) is 5.74. The van der Waals surface area contributed by atoms with Crippen molar-refractivity contribution in [3.05, 3.63) is 0 Å². The SMILES string of the molecule is CC(=O)CN(CCO)CC(F)F. The third kappa shape index (κ3) is 6.18. The van der Waals surface area contributed by atoms with Crippen LogP contribution < -0.4 is 0 Å². The van der Waals surface area contributed by atoms with E-state index in [1.807, 2.05) is 0 Å². The standard InChI is InChI=1S/C7H13F2NO2/c1-6(12)4-10(2-3-11)5-7(8)9/h7,11H,2-5H2,1H3. The molecule has 12 heavy (non-hydrogen) atoms. The Labute approximate surface area is 70.0 Å². The van der Waals surface area contributed by atoms with Gasteiger partial charge in [-0.1, -0.05) is 0 Å². The number of carbonyl (C=O) groups is 1. The maximum atomic E-state index is 11.8. The topological polar surface area (TPSA) is 40.5 Å². The number of aliphatic hydroxyl groups is 1. The molecular weight excluding hydrogens is 168 g/mol. The Bertz CT molecular complexity index is 141. The number of ketones is 1. The van der Waals surface area contributed by atoms with Crippen molar-refractivity contribution in [1.29, 1.82) is 0 Å². The first-order chi connectivity index (χ1) is 5.56. The van der Waals surface area contributed by atoms with E-state index in [0.29, 0.717) is 0 Å². The van der Waals surface area contributed by atoms with E-state index < -0.39 is 13.0 Å². The van der Waals surface area contributed by atoms with Gasteiger partial charge in [-0.3, -0.25) is 9.69 Å². The van der Waals surface area contributed by atoms with E-state index in [1.54, 1.807) is 0 Å². The molecule has 0 atom stereocenters. The van der Waals surface area contributed by atoms with Gasteiger partial charge in [0.2, 0.25) is 0 Å². The van der Waals surface area contributed by atoms with Crippen molar-refractivity contribution in [3.63, 3.8) is 0 Å². The number of rotatable bonds is 6. The number of carbonyl (C=O) groups excluding carboxylic acids is 1. The van der Waals surface area contributed by atoms with Crippen LogP contribution >= 0.6 is 0 Å². The van der Waals surface area contributed by atoms with Gasteiger partial charge in [-0.2, -0.15) is 0 Å². The molecule has 0 rings (SSSR count). The summed E-state index contributed by atoms with van der Waals surface area (Å²) >= 11 is 0. The number of hydrogen-bond acceptors (Lipinski definition) is 3. The largest absolute Gasteiger partial charge is 0.395 e. The van der Waals surface area contributed by atoms with Crippen LogP contribution in [0, 0.1) is 0 Å². The minimum absolute atomic E-state index is 0.0229. The molecule has 0 unspecified atom stereocenters. The highest BCUT2D eigenvalue weighted by molar-refractivity contribution is 5.77. The summed E-state index contributed by atoms with van der Waals surface area (Å²) in [6, 6.07) is 0. The quantitative estimate of drug-likeness (QED) is 0.633. The van der Waals surface area contributed by atoms with Gasteiger partial charge in [0.05, 0.1) is 19.7 Å². The molecule has 0 saturated carbocycles. The molecule has 0 spiro atoms. The van der Waals surface area contributed by atoms with E-state index in [4.69, 9.17) is 5.11 Å². The van der Waals surface area contributed by atoms with Crippen molar-refractivity contribution in [2.24, 2.45) is 0 Å². The van der Waals surface area contributed by atoms with Crippen molar-refractivity contribution in [1.82, 2.24) is 4.90 Å². The summed E-state index contributed by atoms with van der Waals surface area (Å²) in [7, 11) is 0. The summed E-state index contributed by atoms with van der Waals surface area (Å²) in [6.07, 6.45) is -2.46. The molecule has 5 heteroatoms. The van der Waals surface area contributed by atoms with Gasteiger partial charge in [0, 0.05) is 6.54 Å². The van der Waals surface area contributed by atoms with E-state index in [9.17, 15) is 13.6 Å². The molecule has 0 aromatic carbocycles. The van der Waals surface area contributed by atoms with E-state index in [0.717, 1.165) is 0 Å². The molecule has 0 amide bonds. The van der Waals surface area contributed by atoms with E-state index in [-0.39, 0.29) is 25.5 Å². The highest BCUT2D eigenvalue weighted by Gasteiger charge is 2.12. The molecule has 72 valence electrons. The lowest BCUT2D eigenvalue weighted by Gasteiger charge is -2.18. The number of nitrogens with zero attached hydrogens (tertiary/aromatic N) is 1. The van der Waals surface area contributed by atoms with Crippen LogP contribution in [-0.2, 0) is 4.79 Å². The molecule has 0 saturated heterocycles. The Hall–Kier alpha value is -0.550. The lowest BCUT2D eigenvalue weighted by molar-refractivity contribution is -0.118. The van der Waals surface area contributed by atoms with Crippen LogP contribution in [0.5, 0.6) is 0 Å². The molecule has 1 N–H and O–H groups in total. The number of aliphatic hydroxyl groups excluding tert-OH is 1. The minimum Gasteiger partial charge on any atom is -0.395 e. The molecule has 0 heterocycles. The van der Waals surface area contributed by atoms with Gasteiger partial charge in [-0.05, 0) is 6.92 Å². The predicted molar refractivity (Wildman–Crippen MR) is 40.2 cm³/mol. The van der Waals surface area contributed by atoms with E-state index in [2.05, 4.69) is 0 Å². The summed E-state index contributed by atoms with van der Waals surface area (Å²) in [5.41, 5.74) is 0. The number of halogens is 2. The number of Topliss-reactive ketones (excluding diaryl/α,β-unsaturated/α-hetero) is 1. The summed E-state index contributed by atoms with van der Waals surface area (Å²) in [6.45, 7) is 0.755. The van der Waals surface area contributed by atoms with Crippen molar-refractivity contribution in [2.45, 2.75) is 13.3 Å². The first-order valence-corrected chi connectivity index (χ1v) is 3.67. The molecule has 0 aliphatic rings. The third-order valence-electron chi connectivity index (χ3n) is 1.26. The molecule has 0 aliphatic carbocycles. The second-order valence-corrected chi connectivity index (χ2v) is 2.55. The monoisotopic (exact) mass is 181 g/mol. The second kappa shape index (κ2) is 6.02. The van der Waals surface area contributed by atoms with Crippen LogP contribution in [0.1, 0.15) is 6.92 Å². The highest BCUT2D eigenvalue weighted by atomic mass is 19.3. The van der Waals surface area contributed by atoms with Gasteiger partial charge in [-0.25, -0.2) is 8.78 Å². The van der Waals surface area contributed by atoms with Crippen LogP contribution in [0.25, 0.3) is 0 Å². The average Bonchev–Trinajstić information content (AvgIpc) is 1.84. The normalized spacial score (nSPS) is 11.2. The van der Waals surface area contributed by atoms with Crippen LogP contribution in [0.4, 0.5) is 8.78 Å². The minimum atomic E-state index is -2.46. The Balaban J connectivity index is 3.77. The maximum Gasteiger partial charge on any atom is 0.251 e. The summed E-state index contributed by atoms with van der Waals surface area (Å²) < 4.78 is 23.6. The van der Waals surface area contributed by atoms with Crippen molar-refractivity contribution in [2.75, 3.05) is 26.2 Å². The zero-order valence-electron chi connectivity index (χ0n) is 6.96. The Morgan fingerprint density at radius 1 is 1.58 bits per heavy atom. The fourth-order valence-electron chi connectivity index (χ4n) is 0.886. The first kappa shape index (κ1) is 11.4. The van der Waals surface area contributed by atoms with Crippen LogP contribution in [0.3, 0.4) is 0 Å². The maximum absolute atomic E-state index is 11.8. The molecular formula is C7H13F2NO2. The third-order valence-corrected chi connectivity index (χ3v) is 1.26. The van der Waals surface area contributed by atoms with Gasteiger partial charge < -0.3 is 5.11 Å². The first-order valence-electron chi connectivity index (χ1n) is 3.67. The number of alkyl halides is 2. The molecule has 0 aliphatic heterocycles. The van der Waals surface area contributed by atoms with Crippen molar-refractivity contribution in [3.8, 4) is 0 Å². The van der Waals surface area contributed by atoms with Gasteiger partial charge >= 0.3 is 0 Å². The average molecular weight is 181 g/mol. The van der Waals surface area contributed by atoms with Crippen molar-refractivity contribution >= 4 is 5.78 Å². The smallest absolute Gasteiger partial charge is 0.251 e. The summed E-state index contributed by atoms with van der Waals surface area (Å²) in [4.78, 5) is 11.8. The Morgan fingerprint density at radius 3 is 2.50 bits per heavy atom. The molecule has 0 aromatic rings. The van der Waals surface area contributed by atoms with Crippen LogP contribution in [0.2, 0.25) is 0 Å². The summed E-state index contributed by atoms with van der Waals surface area (Å²) in [5, 5.41) is 8.46. The predicted octanol–water partition coefficient (Wildman–Crippen LogP) is 0.135. The fourth-order valence-corrected chi connectivity index (χ4v) is 0.886. The van der Waals surface area contributed by atoms with Crippen LogP contribution in [0.15, 0.2) is 0 Å². The van der Waals surface area contributed by atoms with Crippen molar-refractivity contribution < 1.29 is 18.7 Å². The lowest BCUT2D eigenvalue weighted by atomic mass is 10.4. The second-order valence-electron chi connectivity index (χ2n) is 2.55. The highest BCUT2D eigenvalue weighted by Crippen LogP contribution is 1.97.